The number of carbonyl (C=O) groups is 1. The Kier molecular flexibility index (Phi) is 5.63. The number of aliphatic imine (C=N–C) groups is 1. The van der Waals surface area contributed by atoms with Crippen molar-refractivity contribution in [2.45, 2.75) is 19.8 Å². The largest absolute Gasteiger partial charge is 0.441 e. The zero-order chi connectivity index (χ0) is 21.3. The number of hydrogen-bond acceptors (Lipinski definition) is 5. The van der Waals surface area contributed by atoms with E-state index in [1.807, 2.05) is 18.2 Å². The fraction of sp³-hybridized carbons (Fsp3) is 0.348. The van der Waals surface area contributed by atoms with Gasteiger partial charge in [-0.25, -0.2) is 9.37 Å². The Bertz CT molecular complexity index is 1110. The molecule has 1 aromatic heterocycles. The number of halogens is 1. The van der Waals surface area contributed by atoms with E-state index in [0.29, 0.717) is 23.3 Å². The van der Waals surface area contributed by atoms with Gasteiger partial charge in [-0.1, -0.05) is 6.07 Å². The topological polar surface area (TPSA) is 70.7 Å². The highest BCUT2D eigenvalue weighted by Gasteiger charge is 2.23. The quantitative estimate of drug-likeness (QED) is 0.390. The van der Waals surface area contributed by atoms with E-state index in [0.717, 1.165) is 42.8 Å². The van der Waals surface area contributed by atoms with E-state index in [1.165, 1.54) is 6.07 Å². The van der Waals surface area contributed by atoms with Crippen molar-refractivity contribution in [2.75, 3.05) is 32.5 Å². The van der Waals surface area contributed by atoms with Crippen LogP contribution in [0.3, 0.4) is 0 Å². The fourth-order valence-corrected chi connectivity index (χ4v) is 3.99. The number of rotatable bonds is 4. The molecule has 6 nitrogen and oxygen atoms in total. The molecule has 0 bridgehead atoms. The SMILES string of the molecule is CN=C(Nc1c(F)cc(-c2ccc3nc(C)oc3c2)cc1C=O)C1CCN(C)CC1. The molecule has 0 spiro atoms. The number of anilines is 1. The average molecular weight is 408 g/mol. The molecule has 0 radical (unpaired) electrons. The molecule has 3 aromatic rings. The number of oxazole rings is 1. The van der Waals surface area contributed by atoms with Crippen LogP contribution in [0.2, 0.25) is 0 Å². The van der Waals surface area contributed by atoms with Crippen LogP contribution in [0, 0.1) is 18.7 Å². The van der Waals surface area contributed by atoms with Gasteiger partial charge in [0.05, 0.1) is 5.69 Å². The molecule has 0 aliphatic carbocycles. The van der Waals surface area contributed by atoms with Gasteiger partial charge < -0.3 is 14.6 Å². The Morgan fingerprint density at radius 2 is 2.03 bits per heavy atom. The molecule has 2 heterocycles. The van der Waals surface area contributed by atoms with Crippen LogP contribution in [0.5, 0.6) is 0 Å². The summed E-state index contributed by atoms with van der Waals surface area (Å²) in [6, 6.07) is 8.60. The second-order valence-electron chi connectivity index (χ2n) is 7.77. The van der Waals surface area contributed by atoms with Crippen molar-refractivity contribution in [1.29, 1.82) is 0 Å². The molecule has 1 saturated heterocycles. The number of aromatic nitrogens is 1. The Balaban J connectivity index is 1.65. The molecule has 30 heavy (non-hydrogen) atoms. The van der Waals surface area contributed by atoms with Crippen LogP contribution in [0.1, 0.15) is 29.1 Å². The van der Waals surface area contributed by atoms with E-state index in [-0.39, 0.29) is 17.2 Å². The number of aldehydes is 1. The van der Waals surface area contributed by atoms with Gasteiger partial charge in [0.2, 0.25) is 0 Å². The number of likely N-dealkylation sites (tertiary alicyclic amines) is 1. The van der Waals surface area contributed by atoms with Gasteiger partial charge in [-0.05, 0) is 68.4 Å². The summed E-state index contributed by atoms with van der Waals surface area (Å²) in [5.41, 5.74) is 3.16. The number of hydrogen-bond donors (Lipinski definition) is 1. The molecule has 1 aliphatic heterocycles. The van der Waals surface area contributed by atoms with Gasteiger partial charge in [-0.2, -0.15) is 0 Å². The molecule has 2 aromatic carbocycles. The summed E-state index contributed by atoms with van der Waals surface area (Å²) in [5, 5.41) is 3.11. The first-order valence-electron chi connectivity index (χ1n) is 10.1. The van der Waals surface area contributed by atoms with Crippen LogP contribution in [-0.4, -0.2) is 49.2 Å². The number of benzene rings is 2. The number of piperidine rings is 1. The normalized spacial score (nSPS) is 16.2. The third kappa shape index (κ3) is 3.98. The minimum absolute atomic E-state index is 0.171. The predicted molar refractivity (Wildman–Crippen MR) is 117 cm³/mol. The second kappa shape index (κ2) is 8.36. The van der Waals surface area contributed by atoms with Crippen LogP contribution in [-0.2, 0) is 0 Å². The summed E-state index contributed by atoms with van der Waals surface area (Å²) in [5.74, 6) is 1.03. The molecule has 1 aliphatic rings. The van der Waals surface area contributed by atoms with Gasteiger partial charge in [0, 0.05) is 25.5 Å². The first kappa shape index (κ1) is 20.2. The van der Waals surface area contributed by atoms with Crippen molar-refractivity contribution in [2.24, 2.45) is 10.9 Å². The van der Waals surface area contributed by atoms with Gasteiger partial charge in [0.15, 0.2) is 17.8 Å². The van der Waals surface area contributed by atoms with Crippen LogP contribution in [0.4, 0.5) is 10.1 Å². The maximum absolute atomic E-state index is 15.1. The van der Waals surface area contributed by atoms with Gasteiger partial charge in [0.1, 0.15) is 17.2 Å². The zero-order valence-corrected chi connectivity index (χ0v) is 17.4. The third-order valence-corrected chi connectivity index (χ3v) is 5.68. The molecule has 0 atom stereocenters. The van der Waals surface area contributed by atoms with E-state index in [1.54, 1.807) is 20.0 Å². The van der Waals surface area contributed by atoms with E-state index in [9.17, 15) is 4.79 Å². The Hall–Kier alpha value is -3.06. The van der Waals surface area contributed by atoms with Crippen LogP contribution < -0.4 is 5.32 Å². The lowest BCUT2D eigenvalue weighted by atomic mass is 9.95. The highest BCUT2D eigenvalue weighted by molar-refractivity contribution is 6.01. The molecule has 156 valence electrons. The Labute approximate surface area is 174 Å². The van der Waals surface area contributed by atoms with Gasteiger partial charge >= 0.3 is 0 Å². The Morgan fingerprint density at radius 3 is 2.73 bits per heavy atom. The van der Waals surface area contributed by atoms with Gasteiger partial charge in [-0.15, -0.1) is 0 Å². The van der Waals surface area contributed by atoms with Crippen LogP contribution >= 0.6 is 0 Å². The van der Waals surface area contributed by atoms with Crippen LogP contribution in [0.15, 0.2) is 39.7 Å². The van der Waals surface area contributed by atoms with Crippen molar-refractivity contribution < 1.29 is 13.6 Å². The number of amidine groups is 1. The van der Waals surface area contributed by atoms with Crippen molar-refractivity contribution >= 4 is 28.9 Å². The monoisotopic (exact) mass is 408 g/mol. The summed E-state index contributed by atoms with van der Waals surface area (Å²) in [6.45, 7) is 3.72. The first-order chi connectivity index (χ1) is 14.5. The third-order valence-electron chi connectivity index (χ3n) is 5.68. The number of aryl methyl sites for hydroxylation is 1. The summed E-state index contributed by atoms with van der Waals surface area (Å²) >= 11 is 0. The molecule has 1 N–H and O–H groups in total. The minimum Gasteiger partial charge on any atom is -0.441 e. The molecule has 0 amide bonds. The molecule has 7 heteroatoms. The molecule has 0 saturated carbocycles. The maximum atomic E-state index is 15.1. The molecule has 0 unspecified atom stereocenters. The Morgan fingerprint density at radius 1 is 1.27 bits per heavy atom. The predicted octanol–water partition coefficient (Wildman–Crippen LogP) is 4.54. The van der Waals surface area contributed by atoms with Crippen molar-refractivity contribution in [3.63, 3.8) is 0 Å². The summed E-state index contributed by atoms with van der Waals surface area (Å²) in [4.78, 5) is 22.7. The number of nitrogens with zero attached hydrogens (tertiary/aromatic N) is 3. The summed E-state index contributed by atoms with van der Waals surface area (Å²) in [7, 11) is 3.79. The number of carbonyl (C=O) groups excluding carboxylic acids is 1. The van der Waals surface area contributed by atoms with E-state index in [4.69, 9.17) is 4.42 Å². The average Bonchev–Trinajstić information content (AvgIpc) is 3.12. The molecular weight excluding hydrogens is 383 g/mol. The van der Waals surface area contributed by atoms with Gasteiger partial charge in [0.25, 0.3) is 0 Å². The fourth-order valence-electron chi connectivity index (χ4n) is 3.99. The molecule has 4 rings (SSSR count). The van der Waals surface area contributed by atoms with Gasteiger partial charge in [-0.3, -0.25) is 9.79 Å². The van der Waals surface area contributed by atoms with E-state index in [2.05, 4.69) is 27.2 Å². The number of fused-ring (bicyclic) bond motifs is 1. The molecular formula is C23H25FN4O2. The summed E-state index contributed by atoms with van der Waals surface area (Å²) in [6.07, 6.45) is 2.57. The van der Waals surface area contributed by atoms with Crippen molar-refractivity contribution in [1.82, 2.24) is 9.88 Å². The smallest absolute Gasteiger partial charge is 0.192 e. The zero-order valence-electron chi connectivity index (χ0n) is 17.4. The lowest BCUT2D eigenvalue weighted by molar-refractivity contribution is 0.112. The second-order valence-corrected chi connectivity index (χ2v) is 7.77. The minimum atomic E-state index is -0.488. The van der Waals surface area contributed by atoms with E-state index < -0.39 is 5.82 Å². The van der Waals surface area contributed by atoms with Crippen molar-refractivity contribution in [3.8, 4) is 11.1 Å². The maximum Gasteiger partial charge on any atom is 0.192 e. The highest BCUT2D eigenvalue weighted by atomic mass is 19.1. The standard InChI is InChI=1S/C23H25FN4O2/c1-14-26-20-5-4-16(12-21(20)30-14)17-10-18(13-29)22(19(24)11-17)27-23(25-2)15-6-8-28(3)9-7-15/h4-5,10-13,15H,6-9H2,1-3H3,(H,25,27). The van der Waals surface area contributed by atoms with E-state index >= 15 is 4.39 Å². The lowest BCUT2D eigenvalue weighted by Crippen LogP contribution is -2.36. The van der Waals surface area contributed by atoms with Crippen LogP contribution in [0.25, 0.3) is 22.2 Å². The first-order valence-corrected chi connectivity index (χ1v) is 10.1. The summed E-state index contributed by atoms with van der Waals surface area (Å²) < 4.78 is 20.7. The highest BCUT2D eigenvalue weighted by Crippen LogP contribution is 2.31. The molecule has 1 fully saturated rings. The van der Waals surface area contributed by atoms with Crippen molar-refractivity contribution in [3.05, 3.63) is 47.6 Å². The number of nitrogens with one attached hydrogen (secondary N) is 1. The lowest BCUT2D eigenvalue weighted by Gasteiger charge is -2.30.